The van der Waals surface area contributed by atoms with Gasteiger partial charge in [0.2, 0.25) is 0 Å². The molecule has 2 rings (SSSR count). The number of carbonyl (C=O) groups is 1. The van der Waals surface area contributed by atoms with Gasteiger partial charge in [0.15, 0.2) is 0 Å². The van der Waals surface area contributed by atoms with E-state index in [0.29, 0.717) is 28.4 Å². The zero-order valence-electron chi connectivity index (χ0n) is 11.4. The molecule has 2 unspecified atom stereocenters. The molecule has 0 aromatic carbocycles. The minimum Gasteiger partial charge on any atom is -0.462 e. The largest absolute Gasteiger partial charge is 0.462 e. The normalized spacial score (nSPS) is 23.1. The number of nitrogens with zero attached hydrogens (tertiary/aromatic N) is 2. The number of thioether (sulfide) groups is 2. The average molecular weight is 298 g/mol. The Bertz CT molecular complexity index is 468. The fraction of sp³-hybridized carbons (Fsp3) is 0.615. The lowest BCUT2D eigenvalue weighted by atomic mass is 10.2. The summed E-state index contributed by atoms with van der Waals surface area (Å²) in [6.07, 6.45) is 1.60. The van der Waals surface area contributed by atoms with Crippen molar-refractivity contribution in [2.24, 2.45) is 0 Å². The monoisotopic (exact) mass is 298 g/mol. The van der Waals surface area contributed by atoms with Gasteiger partial charge >= 0.3 is 5.97 Å². The number of aromatic nitrogens is 2. The van der Waals surface area contributed by atoms with Crippen LogP contribution in [0.3, 0.4) is 0 Å². The Hall–Kier alpha value is -0.750. The molecule has 1 aromatic heterocycles. The van der Waals surface area contributed by atoms with Gasteiger partial charge in [0.25, 0.3) is 0 Å². The Balaban J connectivity index is 2.20. The summed E-state index contributed by atoms with van der Waals surface area (Å²) in [6, 6.07) is 0. The van der Waals surface area contributed by atoms with Gasteiger partial charge in [0.1, 0.15) is 5.82 Å². The molecule has 2 heterocycles. The SMILES string of the molecule is CCOC(=O)c1cnc(C2SCCSC2C)nc1C. The van der Waals surface area contributed by atoms with E-state index in [9.17, 15) is 4.79 Å². The van der Waals surface area contributed by atoms with Crippen LogP contribution in [0.25, 0.3) is 0 Å². The minimum absolute atomic E-state index is 0.314. The Kier molecular flexibility index (Phi) is 5.10. The first-order chi connectivity index (χ1) is 9.13. The van der Waals surface area contributed by atoms with Crippen molar-refractivity contribution in [1.29, 1.82) is 0 Å². The van der Waals surface area contributed by atoms with Gasteiger partial charge in [0.05, 0.1) is 23.1 Å². The Morgan fingerprint density at radius 2 is 2.21 bits per heavy atom. The molecular weight excluding hydrogens is 280 g/mol. The number of aryl methyl sites for hydroxylation is 1. The van der Waals surface area contributed by atoms with E-state index in [2.05, 4.69) is 16.9 Å². The summed E-state index contributed by atoms with van der Waals surface area (Å²) < 4.78 is 4.99. The van der Waals surface area contributed by atoms with Crippen molar-refractivity contribution < 1.29 is 9.53 Å². The van der Waals surface area contributed by atoms with Crippen LogP contribution in [-0.4, -0.2) is 39.3 Å². The second-order valence-corrected chi connectivity index (χ2v) is 7.05. The molecule has 6 heteroatoms. The highest BCUT2D eigenvalue weighted by Crippen LogP contribution is 2.40. The third-order valence-corrected chi connectivity index (χ3v) is 6.02. The van der Waals surface area contributed by atoms with Crippen LogP contribution in [-0.2, 0) is 4.74 Å². The molecule has 0 bridgehead atoms. The van der Waals surface area contributed by atoms with Crippen LogP contribution in [0.5, 0.6) is 0 Å². The van der Waals surface area contributed by atoms with Gasteiger partial charge in [-0.05, 0) is 13.8 Å². The van der Waals surface area contributed by atoms with Crippen molar-refractivity contribution in [2.45, 2.75) is 31.3 Å². The van der Waals surface area contributed by atoms with E-state index in [1.165, 1.54) is 5.75 Å². The maximum atomic E-state index is 11.7. The maximum absolute atomic E-state index is 11.7. The lowest BCUT2D eigenvalue weighted by Gasteiger charge is -2.26. The van der Waals surface area contributed by atoms with Crippen molar-refractivity contribution in [2.75, 3.05) is 18.1 Å². The summed E-state index contributed by atoms with van der Waals surface area (Å²) in [5, 5.41) is 0.820. The third kappa shape index (κ3) is 3.42. The topological polar surface area (TPSA) is 52.1 Å². The van der Waals surface area contributed by atoms with Gasteiger partial charge in [-0.15, -0.1) is 11.8 Å². The summed E-state index contributed by atoms with van der Waals surface area (Å²) in [7, 11) is 0. The molecule has 4 nitrogen and oxygen atoms in total. The predicted octanol–water partition coefficient (Wildman–Crippen LogP) is 2.87. The average Bonchev–Trinajstić information content (AvgIpc) is 2.39. The van der Waals surface area contributed by atoms with Crippen molar-refractivity contribution in [3.63, 3.8) is 0 Å². The van der Waals surface area contributed by atoms with Gasteiger partial charge in [-0.3, -0.25) is 0 Å². The summed E-state index contributed by atoms with van der Waals surface area (Å²) in [5.74, 6) is 2.80. The molecule has 0 spiro atoms. The molecule has 104 valence electrons. The summed E-state index contributed by atoms with van der Waals surface area (Å²) in [5.41, 5.74) is 1.17. The van der Waals surface area contributed by atoms with Crippen molar-refractivity contribution in [3.05, 3.63) is 23.3 Å². The van der Waals surface area contributed by atoms with Crippen molar-refractivity contribution >= 4 is 29.5 Å². The van der Waals surface area contributed by atoms with E-state index in [0.717, 1.165) is 11.6 Å². The van der Waals surface area contributed by atoms with E-state index >= 15 is 0 Å². The van der Waals surface area contributed by atoms with Crippen LogP contribution >= 0.6 is 23.5 Å². The second kappa shape index (κ2) is 6.61. The quantitative estimate of drug-likeness (QED) is 0.800. The van der Waals surface area contributed by atoms with Crippen LogP contribution in [0.1, 0.15) is 41.0 Å². The fourth-order valence-corrected chi connectivity index (χ4v) is 4.64. The van der Waals surface area contributed by atoms with Crippen molar-refractivity contribution in [3.8, 4) is 0 Å². The Morgan fingerprint density at radius 1 is 1.47 bits per heavy atom. The molecule has 1 aliphatic heterocycles. The molecule has 2 atom stereocenters. The molecule has 0 aliphatic carbocycles. The van der Waals surface area contributed by atoms with Crippen LogP contribution in [0, 0.1) is 6.92 Å². The van der Waals surface area contributed by atoms with E-state index in [4.69, 9.17) is 4.74 Å². The lowest BCUT2D eigenvalue weighted by molar-refractivity contribution is 0.0524. The first kappa shape index (κ1) is 14.7. The highest BCUT2D eigenvalue weighted by molar-refractivity contribution is 8.06. The first-order valence-corrected chi connectivity index (χ1v) is 8.47. The number of hydrogen-bond donors (Lipinski definition) is 0. The zero-order chi connectivity index (χ0) is 13.8. The molecule has 19 heavy (non-hydrogen) atoms. The van der Waals surface area contributed by atoms with E-state index < -0.39 is 0 Å². The van der Waals surface area contributed by atoms with E-state index in [-0.39, 0.29) is 5.97 Å². The Morgan fingerprint density at radius 3 is 2.84 bits per heavy atom. The fourth-order valence-electron chi connectivity index (χ4n) is 1.95. The highest BCUT2D eigenvalue weighted by Gasteiger charge is 2.27. The zero-order valence-corrected chi connectivity index (χ0v) is 13.0. The number of esters is 1. The van der Waals surface area contributed by atoms with E-state index in [1.807, 2.05) is 30.4 Å². The Labute approximate surface area is 122 Å². The minimum atomic E-state index is -0.342. The van der Waals surface area contributed by atoms with Crippen molar-refractivity contribution in [1.82, 2.24) is 9.97 Å². The van der Waals surface area contributed by atoms with E-state index in [1.54, 1.807) is 13.1 Å². The first-order valence-electron chi connectivity index (χ1n) is 6.37. The van der Waals surface area contributed by atoms with Gasteiger partial charge in [0, 0.05) is 23.0 Å². The highest BCUT2D eigenvalue weighted by atomic mass is 32.2. The molecule has 1 saturated heterocycles. The van der Waals surface area contributed by atoms with Gasteiger partial charge < -0.3 is 4.74 Å². The van der Waals surface area contributed by atoms with Crippen LogP contribution in [0.2, 0.25) is 0 Å². The number of ether oxygens (including phenoxy) is 1. The molecule has 1 aromatic rings. The molecular formula is C13H18N2O2S2. The molecule has 0 amide bonds. The molecule has 0 saturated carbocycles. The van der Waals surface area contributed by atoms with Gasteiger partial charge in [-0.1, -0.05) is 6.92 Å². The lowest BCUT2D eigenvalue weighted by Crippen LogP contribution is -2.19. The number of rotatable bonds is 3. The summed E-state index contributed by atoms with van der Waals surface area (Å²) in [6.45, 7) is 6.20. The number of carbonyl (C=O) groups excluding carboxylic acids is 1. The third-order valence-electron chi connectivity index (χ3n) is 2.94. The molecule has 1 aliphatic rings. The second-order valence-electron chi connectivity index (χ2n) is 4.32. The molecule has 1 fully saturated rings. The predicted molar refractivity (Wildman–Crippen MR) is 79.8 cm³/mol. The summed E-state index contributed by atoms with van der Waals surface area (Å²) in [4.78, 5) is 20.6. The van der Waals surface area contributed by atoms with Crippen LogP contribution < -0.4 is 0 Å². The van der Waals surface area contributed by atoms with Gasteiger partial charge in [-0.25, -0.2) is 14.8 Å². The summed E-state index contributed by atoms with van der Waals surface area (Å²) >= 11 is 3.85. The maximum Gasteiger partial charge on any atom is 0.341 e. The smallest absolute Gasteiger partial charge is 0.341 e. The molecule has 0 radical (unpaired) electrons. The molecule has 0 N–H and O–H groups in total. The standard InChI is InChI=1S/C13H18N2O2S2/c1-4-17-13(16)10-7-14-12(15-8(10)2)11-9(3)18-5-6-19-11/h7,9,11H,4-6H2,1-3H3. The van der Waals surface area contributed by atoms with Crippen LogP contribution in [0.15, 0.2) is 6.20 Å². The van der Waals surface area contributed by atoms with Gasteiger partial charge in [-0.2, -0.15) is 11.8 Å². The van der Waals surface area contributed by atoms with Crippen LogP contribution in [0.4, 0.5) is 0 Å². The number of hydrogen-bond acceptors (Lipinski definition) is 6.